The number of nitrogens with zero attached hydrogens (tertiary/aromatic N) is 4. The number of benzene rings is 2. The van der Waals surface area contributed by atoms with Gasteiger partial charge in [0, 0.05) is 30.1 Å². The molecule has 4 aromatic rings. The van der Waals surface area contributed by atoms with Gasteiger partial charge in [-0.1, -0.05) is 18.2 Å². The Labute approximate surface area is 166 Å². The Morgan fingerprint density at radius 3 is 2.79 bits per heavy atom. The average Bonchev–Trinajstić information content (AvgIpc) is 3.14. The van der Waals surface area contributed by atoms with Crippen LogP contribution in [0.5, 0.6) is 5.75 Å². The average molecular weight is 386 g/mol. The highest BCUT2D eigenvalue weighted by Crippen LogP contribution is 2.37. The first-order valence-electron chi connectivity index (χ1n) is 8.90. The van der Waals surface area contributed by atoms with Crippen LogP contribution in [0.3, 0.4) is 0 Å². The second-order valence-electron chi connectivity index (χ2n) is 6.49. The van der Waals surface area contributed by atoms with Crippen molar-refractivity contribution in [1.29, 1.82) is 5.26 Å². The van der Waals surface area contributed by atoms with Gasteiger partial charge in [0.05, 0.1) is 30.1 Å². The molecule has 3 N–H and O–H groups in total. The Balaban J connectivity index is 1.99. The number of aryl methyl sites for hydroxylation is 1. The molecule has 0 aliphatic rings. The Bertz CT molecular complexity index is 1330. The minimum atomic E-state index is -0.269. The van der Waals surface area contributed by atoms with Crippen molar-refractivity contribution in [1.82, 2.24) is 20.0 Å². The summed E-state index contributed by atoms with van der Waals surface area (Å²) in [6, 6.07) is 13.2. The maximum absolute atomic E-state index is 12.1. The zero-order chi connectivity index (χ0) is 20.5. The highest BCUT2D eigenvalue weighted by Gasteiger charge is 2.19. The number of hydrogen-bond acceptors (Lipinski definition) is 6. The van der Waals surface area contributed by atoms with Gasteiger partial charge in [-0.25, -0.2) is 5.10 Å². The van der Waals surface area contributed by atoms with Gasteiger partial charge in [0.2, 0.25) is 0 Å². The van der Waals surface area contributed by atoms with E-state index in [-0.39, 0.29) is 12.1 Å². The highest BCUT2D eigenvalue weighted by atomic mass is 16.5. The zero-order valence-corrected chi connectivity index (χ0v) is 15.9. The van der Waals surface area contributed by atoms with Gasteiger partial charge in [-0.3, -0.25) is 9.48 Å². The first-order valence-corrected chi connectivity index (χ1v) is 8.90. The Hall–Kier alpha value is -3.96. The maximum atomic E-state index is 12.1. The van der Waals surface area contributed by atoms with Crippen molar-refractivity contribution in [3.8, 4) is 34.2 Å². The number of ether oxygens (including phenoxy) is 1. The van der Waals surface area contributed by atoms with E-state index in [9.17, 15) is 10.1 Å². The summed E-state index contributed by atoms with van der Waals surface area (Å²) in [5.41, 5.74) is 9.71. The molecule has 0 bridgehead atoms. The monoisotopic (exact) mass is 386 g/mol. The van der Waals surface area contributed by atoms with E-state index in [1.807, 2.05) is 31.3 Å². The summed E-state index contributed by atoms with van der Waals surface area (Å²) < 4.78 is 7.07. The first kappa shape index (κ1) is 18.4. The Morgan fingerprint density at radius 2 is 2.07 bits per heavy atom. The number of nitrogens with one attached hydrogen (secondary N) is 1. The molecular weight excluding hydrogens is 368 g/mol. The van der Waals surface area contributed by atoms with Gasteiger partial charge in [0.1, 0.15) is 17.4 Å². The van der Waals surface area contributed by atoms with E-state index in [0.717, 1.165) is 16.8 Å². The van der Waals surface area contributed by atoms with Crippen LogP contribution in [0.15, 0.2) is 47.4 Å². The van der Waals surface area contributed by atoms with Crippen molar-refractivity contribution >= 4 is 10.8 Å². The molecule has 0 radical (unpaired) electrons. The molecule has 0 amide bonds. The van der Waals surface area contributed by atoms with E-state index in [1.54, 1.807) is 23.0 Å². The van der Waals surface area contributed by atoms with E-state index in [2.05, 4.69) is 21.4 Å². The van der Waals surface area contributed by atoms with Crippen molar-refractivity contribution in [2.24, 2.45) is 12.8 Å². The minimum absolute atomic E-state index is 0.199. The summed E-state index contributed by atoms with van der Waals surface area (Å²) in [4.78, 5) is 12.1. The number of methoxy groups -OCH3 is 1. The number of aromatic nitrogens is 4. The molecule has 0 saturated carbocycles. The van der Waals surface area contributed by atoms with Crippen LogP contribution in [-0.2, 0) is 13.6 Å². The standard InChI is InChI=1S/C21H18N6O2/c1-27-20(13-4-3-5-19(29-2)16(13)9-22)17(11-24-27)12-6-7-14-15(8-12)18(10-23)25-26-21(14)28/h3-8,11H,10,23H2,1-2H3,(H,26,28). The molecule has 0 unspecified atom stereocenters. The fourth-order valence-electron chi connectivity index (χ4n) is 3.52. The van der Waals surface area contributed by atoms with Gasteiger partial charge in [-0.05, 0) is 23.8 Å². The third-order valence-corrected chi connectivity index (χ3v) is 4.92. The molecule has 29 heavy (non-hydrogen) atoms. The van der Waals surface area contributed by atoms with E-state index in [0.29, 0.717) is 33.3 Å². The molecule has 8 heteroatoms. The number of fused-ring (bicyclic) bond motifs is 1. The van der Waals surface area contributed by atoms with Gasteiger partial charge >= 0.3 is 0 Å². The topological polar surface area (TPSA) is 123 Å². The summed E-state index contributed by atoms with van der Waals surface area (Å²) in [5, 5.41) is 21.8. The smallest absolute Gasteiger partial charge is 0.272 e. The quantitative estimate of drug-likeness (QED) is 0.555. The lowest BCUT2D eigenvalue weighted by molar-refractivity contribution is 0.413. The molecule has 4 rings (SSSR count). The van der Waals surface area contributed by atoms with Crippen molar-refractivity contribution in [3.05, 3.63) is 64.2 Å². The van der Waals surface area contributed by atoms with Gasteiger partial charge in [-0.15, -0.1) is 0 Å². The van der Waals surface area contributed by atoms with Crippen molar-refractivity contribution < 1.29 is 4.74 Å². The molecule has 0 spiro atoms. The lowest BCUT2D eigenvalue weighted by atomic mass is 9.96. The molecule has 0 fully saturated rings. The largest absolute Gasteiger partial charge is 0.495 e. The summed E-state index contributed by atoms with van der Waals surface area (Å²) in [7, 11) is 3.35. The fraction of sp³-hybridized carbons (Fsp3) is 0.143. The first-order chi connectivity index (χ1) is 14.1. The molecule has 8 nitrogen and oxygen atoms in total. The van der Waals surface area contributed by atoms with E-state index in [1.165, 1.54) is 7.11 Å². The van der Waals surface area contributed by atoms with Gasteiger partial charge in [-0.2, -0.15) is 15.5 Å². The summed E-state index contributed by atoms with van der Waals surface area (Å²) in [5.74, 6) is 0.497. The van der Waals surface area contributed by atoms with Crippen LogP contribution in [0, 0.1) is 11.3 Å². The van der Waals surface area contributed by atoms with E-state index >= 15 is 0 Å². The van der Waals surface area contributed by atoms with E-state index < -0.39 is 0 Å². The molecule has 2 aromatic carbocycles. The molecule has 2 heterocycles. The molecule has 144 valence electrons. The van der Waals surface area contributed by atoms with Crippen LogP contribution in [0.4, 0.5) is 0 Å². The third-order valence-electron chi connectivity index (χ3n) is 4.92. The molecule has 0 saturated heterocycles. The Morgan fingerprint density at radius 1 is 1.24 bits per heavy atom. The molecule has 0 aliphatic carbocycles. The number of hydrogen-bond donors (Lipinski definition) is 2. The molecule has 0 atom stereocenters. The number of rotatable bonds is 4. The van der Waals surface area contributed by atoms with Crippen LogP contribution in [0.2, 0.25) is 0 Å². The Kier molecular flexibility index (Phi) is 4.58. The lowest BCUT2D eigenvalue weighted by Crippen LogP contribution is -2.13. The molecule has 2 aromatic heterocycles. The van der Waals surface area contributed by atoms with Gasteiger partial charge in [0.15, 0.2) is 0 Å². The SMILES string of the molecule is COc1cccc(-c2c(-c3ccc4c(=O)[nH]nc(CN)c4c3)cnn2C)c1C#N. The predicted octanol–water partition coefficient (Wildman–Crippen LogP) is 2.33. The normalized spacial score (nSPS) is 10.8. The van der Waals surface area contributed by atoms with Crippen LogP contribution in [-0.4, -0.2) is 27.1 Å². The third kappa shape index (κ3) is 2.94. The van der Waals surface area contributed by atoms with Gasteiger partial charge < -0.3 is 10.5 Å². The predicted molar refractivity (Wildman–Crippen MR) is 109 cm³/mol. The maximum Gasteiger partial charge on any atom is 0.272 e. The second kappa shape index (κ2) is 7.22. The summed E-state index contributed by atoms with van der Waals surface area (Å²) in [6.45, 7) is 0.199. The van der Waals surface area contributed by atoms with E-state index in [4.69, 9.17) is 10.5 Å². The van der Waals surface area contributed by atoms with Crippen molar-refractivity contribution in [2.75, 3.05) is 7.11 Å². The second-order valence-corrected chi connectivity index (χ2v) is 6.49. The van der Waals surface area contributed by atoms with Crippen LogP contribution in [0.25, 0.3) is 33.2 Å². The number of aromatic amines is 1. The van der Waals surface area contributed by atoms with Crippen LogP contribution in [0.1, 0.15) is 11.3 Å². The van der Waals surface area contributed by atoms with Crippen molar-refractivity contribution in [2.45, 2.75) is 6.54 Å². The van der Waals surface area contributed by atoms with Crippen LogP contribution >= 0.6 is 0 Å². The summed E-state index contributed by atoms with van der Waals surface area (Å²) >= 11 is 0. The molecule has 0 aliphatic heterocycles. The summed E-state index contributed by atoms with van der Waals surface area (Å²) in [6.07, 6.45) is 1.74. The minimum Gasteiger partial charge on any atom is -0.495 e. The number of nitriles is 1. The van der Waals surface area contributed by atoms with Crippen LogP contribution < -0.4 is 16.0 Å². The number of nitrogens with two attached hydrogens (primary N) is 1. The van der Waals surface area contributed by atoms with Gasteiger partial charge in [0.25, 0.3) is 5.56 Å². The zero-order valence-electron chi connectivity index (χ0n) is 15.9. The molecular formula is C21H18N6O2. The highest BCUT2D eigenvalue weighted by molar-refractivity contribution is 5.92. The van der Waals surface area contributed by atoms with Crippen molar-refractivity contribution in [3.63, 3.8) is 0 Å². The fourth-order valence-corrected chi connectivity index (χ4v) is 3.52. The lowest BCUT2D eigenvalue weighted by Gasteiger charge is -2.12. The number of H-pyrrole nitrogens is 1.